The number of carbonyl (C=O) groups is 2. The highest BCUT2D eigenvalue weighted by molar-refractivity contribution is 5.97. The monoisotopic (exact) mass is 622 g/mol. The van der Waals surface area contributed by atoms with Gasteiger partial charge in [-0.1, -0.05) is 12.6 Å². The Labute approximate surface area is 259 Å². The summed E-state index contributed by atoms with van der Waals surface area (Å²) in [7, 11) is 2.85. The molecule has 10 nitrogen and oxygen atoms in total. The lowest BCUT2D eigenvalue weighted by Gasteiger charge is -2.25. The first-order chi connectivity index (χ1) is 21.5. The molecule has 1 atom stereocenters. The molecule has 1 amide bonds. The largest absolute Gasteiger partial charge is 0.493 e. The van der Waals surface area contributed by atoms with E-state index in [9.17, 15) is 14.4 Å². The van der Waals surface area contributed by atoms with Crippen molar-refractivity contribution in [3.63, 3.8) is 0 Å². The zero-order valence-electron chi connectivity index (χ0n) is 25.8. The summed E-state index contributed by atoms with van der Waals surface area (Å²) >= 11 is 0. The number of aromatic nitrogens is 2. The molecule has 12 heteroatoms. The fourth-order valence-corrected chi connectivity index (χ4v) is 5.69. The van der Waals surface area contributed by atoms with Crippen LogP contribution in [0, 0.1) is 25.5 Å². The quantitative estimate of drug-likeness (QED) is 0.315. The van der Waals surface area contributed by atoms with Crippen LogP contribution in [0.3, 0.4) is 0 Å². The number of fused-ring (bicyclic) bond motifs is 1. The summed E-state index contributed by atoms with van der Waals surface area (Å²) in [5.41, 5.74) is 3.56. The minimum absolute atomic E-state index is 0.0417. The molecule has 3 aromatic rings. The van der Waals surface area contributed by atoms with E-state index < -0.39 is 35.1 Å². The lowest BCUT2D eigenvalue weighted by molar-refractivity contribution is -0.142. The molecule has 0 aliphatic carbocycles. The van der Waals surface area contributed by atoms with Crippen LogP contribution in [0.15, 0.2) is 41.2 Å². The van der Waals surface area contributed by atoms with E-state index in [-0.39, 0.29) is 23.4 Å². The number of nitrogens with zero attached hydrogens (tertiary/aromatic N) is 3. The van der Waals surface area contributed by atoms with Gasteiger partial charge in [-0.15, -0.1) is 0 Å². The summed E-state index contributed by atoms with van der Waals surface area (Å²) in [6.07, 6.45) is 1.24. The van der Waals surface area contributed by atoms with Crippen molar-refractivity contribution >= 4 is 17.6 Å². The molecule has 5 rings (SSSR count). The van der Waals surface area contributed by atoms with Crippen molar-refractivity contribution in [3.8, 4) is 17.0 Å². The van der Waals surface area contributed by atoms with Crippen molar-refractivity contribution in [1.82, 2.24) is 14.9 Å². The maximum atomic E-state index is 15.3. The number of esters is 1. The van der Waals surface area contributed by atoms with Crippen LogP contribution >= 0.6 is 0 Å². The molecule has 0 radical (unpaired) electrons. The fourth-order valence-electron chi connectivity index (χ4n) is 5.69. The molecule has 1 N–H and O–H groups in total. The standard InChI is InChI=1S/C33H36F2N4O6/c1-18-16-39(10-12-44-17-18)22-14-25(34)28(26(35)15-22)31(40)37-27(33(42)43-5)13-21-8-9-24(30-23(21)7-6-11-45-30)29-32(41)38(4)20(3)19(2)36-29/h8-9,14-15,27H,1,6-7,10-13,16-17H2,2-5H3,(H,37,40)/t27-/m0/s1. The van der Waals surface area contributed by atoms with Crippen LogP contribution < -0.4 is 20.5 Å². The zero-order chi connectivity index (χ0) is 32.4. The Kier molecular flexibility index (Phi) is 9.33. The number of hydrogen-bond donors (Lipinski definition) is 1. The molecule has 1 saturated heterocycles. The second kappa shape index (κ2) is 13.2. The van der Waals surface area contributed by atoms with E-state index in [0.717, 1.165) is 29.0 Å². The number of halogens is 2. The van der Waals surface area contributed by atoms with Gasteiger partial charge < -0.3 is 29.0 Å². The summed E-state index contributed by atoms with van der Waals surface area (Å²) in [4.78, 5) is 45.5. The summed E-state index contributed by atoms with van der Waals surface area (Å²) in [5.74, 6) is -3.54. The Morgan fingerprint density at radius 1 is 1.18 bits per heavy atom. The van der Waals surface area contributed by atoms with E-state index in [4.69, 9.17) is 14.2 Å². The van der Waals surface area contributed by atoms with Crippen LogP contribution in [0.25, 0.3) is 11.3 Å². The Balaban J connectivity index is 1.44. The Bertz CT molecular complexity index is 1710. The van der Waals surface area contributed by atoms with Crippen molar-refractivity contribution < 1.29 is 32.6 Å². The maximum Gasteiger partial charge on any atom is 0.328 e. The normalized spacial score (nSPS) is 15.5. The third-order valence-corrected chi connectivity index (χ3v) is 8.30. The molecule has 0 bridgehead atoms. The van der Waals surface area contributed by atoms with E-state index in [1.54, 1.807) is 24.1 Å². The number of hydrogen-bond acceptors (Lipinski definition) is 8. The van der Waals surface area contributed by atoms with Gasteiger partial charge in [-0.3, -0.25) is 9.59 Å². The molecule has 45 heavy (non-hydrogen) atoms. The first-order valence-electron chi connectivity index (χ1n) is 14.7. The number of rotatable bonds is 7. The maximum absolute atomic E-state index is 15.3. The second-order valence-corrected chi connectivity index (χ2v) is 11.3. The van der Waals surface area contributed by atoms with E-state index >= 15 is 8.78 Å². The zero-order valence-corrected chi connectivity index (χ0v) is 25.8. The van der Waals surface area contributed by atoms with Gasteiger partial charge in [-0.2, -0.15) is 0 Å². The summed E-state index contributed by atoms with van der Waals surface area (Å²) in [6, 6.07) is 4.35. The molecule has 0 spiro atoms. The van der Waals surface area contributed by atoms with Gasteiger partial charge in [-0.25, -0.2) is 18.6 Å². The Morgan fingerprint density at radius 3 is 2.62 bits per heavy atom. The number of benzene rings is 2. The van der Waals surface area contributed by atoms with Gasteiger partial charge in [0.05, 0.1) is 32.6 Å². The highest BCUT2D eigenvalue weighted by Gasteiger charge is 2.30. The molecule has 3 heterocycles. The van der Waals surface area contributed by atoms with Gasteiger partial charge in [0, 0.05) is 43.5 Å². The van der Waals surface area contributed by atoms with Crippen LogP contribution in [0.4, 0.5) is 14.5 Å². The number of carbonyl (C=O) groups excluding carboxylic acids is 2. The topological polar surface area (TPSA) is 112 Å². The van der Waals surface area contributed by atoms with Crippen LogP contribution in [0.5, 0.6) is 5.75 Å². The predicted molar refractivity (Wildman–Crippen MR) is 164 cm³/mol. The molecule has 0 unspecified atom stereocenters. The van der Waals surface area contributed by atoms with Crippen molar-refractivity contribution in [2.24, 2.45) is 7.05 Å². The molecule has 2 aliphatic heterocycles. The molecule has 1 aromatic heterocycles. The van der Waals surface area contributed by atoms with Gasteiger partial charge >= 0.3 is 5.97 Å². The van der Waals surface area contributed by atoms with E-state index in [1.807, 2.05) is 13.8 Å². The van der Waals surface area contributed by atoms with E-state index in [2.05, 4.69) is 16.9 Å². The Hall–Kier alpha value is -4.58. The average molecular weight is 623 g/mol. The predicted octanol–water partition coefficient (Wildman–Crippen LogP) is 3.57. The Morgan fingerprint density at radius 2 is 1.91 bits per heavy atom. The van der Waals surface area contributed by atoms with Crippen molar-refractivity contribution in [3.05, 3.63) is 86.5 Å². The number of methoxy groups -OCH3 is 1. The van der Waals surface area contributed by atoms with Gasteiger partial charge in [0.25, 0.3) is 11.5 Å². The first kappa shape index (κ1) is 31.8. The number of nitrogens with one attached hydrogen (secondary N) is 1. The van der Waals surface area contributed by atoms with Crippen LogP contribution in [0.1, 0.15) is 39.3 Å². The summed E-state index contributed by atoms with van der Waals surface area (Å²) in [6.45, 7) is 9.45. The van der Waals surface area contributed by atoms with Crippen molar-refractivity contribution in [2.75, 3.05) is 44.9 Å². The highest BCUT2D eigenvalue weighted by Crippen LogP contribution is 2.37. The third-order valence-electron chi connectivity index (χ3n) is 8.30. The van der Waals surface area contributed by atoms with Gasteiger partial charge in [-0.05, 0) is 61.6 Å². The number of amides is 1. The molecule has 2 aliphatic rings. The van der Waals surface area contributed by atoms with Crippen LogP contribution in [-0.2, 0) is 34.2 Å². The highest BCUT2D eigenvalue weighted by atomic mass is 19.1. The van der Waals surface area contributed by atoms with Crippen molar-refractivity contribution in [1.29, 1.82) is 0 Å². The average Bonchev–Trinajstić information content (AvgIpc) is 3.25. The van der Waals surface area contributed by atoms with Gasteiger partial charge in [0.15, 0.2) is 0 Å². The third kappa shape index (κ3) is 6.46. The van der Waals surface area contributed by atoms with Crippen molar-refractivity contribution in [2.45, 2.75) is 39.2 Å². The van der Waals surface area contributed by atoms with Crippen LogP contribution in [0.2, 0.25) is 0 Å². The van der Waals surface area contributed by atoms with E-state index in [0.29, 0.717) is 68.3 Å². The number of anilines is 1. The first-order valence-corrected chi connectivity index (χ1v) is 14.7. The smallest absolute Gasteiger partial charge is 0.328 e. The lowest BCUT2D eigenvalue weighted by atomic mass is 9.91. The van der Waals surface area contributed by atoms with Gasteiger partial charge in [0.2, 0.25) is 0 Å². The molecule has 238 valence electrons. The van der Waals surface area contributed by atoms with Crippen LogP contribution in [-0.4, -0.2) is 67.5 Å². The minimum Gasteiger partial charge on any atom is -0.493 e. The molecule has 1 fully saturated rings. The second-order valence-electron chi connectivity index (χ2n) is 11.3. The SMILES string of the molecule is C=C1COCCN(c2cc(F)c(C(=O)N[C@@H](Cc3ccc(-c4nc(C)c(C)n(C)c4=O)c4c3CCCO4)C(=O)OC)c(F)c2)C1. The fraction of sp³-hybridized carbons (Fsp3) is 0.394. The minimum atomic E-state index is -1.27. The molecular formula is C33H36F2N4O6. The summed E-state index contributed by atoms with van der Waals surface area (Å²) in [5, 5.41) is 2.47. The van der Waals surface area contributed by atoms with E-state index in [1.165, 1.54) is 11.7 Å². The van der Waals surface area contributed by atoms with Gasteiger partial charge in [0.1, 0.15) is 34.7 Å². The molecule has 2 aromatic carbocycles. The molecular weight excluding hydrogens is 586 g/mol. The summed E-state index contributed by atoms with van der Waals surface area (Å²) < 4.78 is 48.5. The molecule has 0 saturated carbocycles. The number of aryl methyl sites for hydroxylation is 1. The lowest BCUT2D eigenvalue weighted by Crippen LogP contribution is -2.44. The number of ether oxygens (including phenoxy) is 3.